The van der Waals surface area contributed by atoms with Crippen molar-refractivity contribution in [1.29, 1.82) is 0 Å². The lowest BCUT2D eigenvalue weighted by atomic mass is 10.1. The van der Waals surface area contributed by atoms with Crippen LogP contribution in [-0.4, -0.2) is 50.8 Å². The van der Waals surface area contributed by atoms with Crippen LogP contribution in [0.5, 0.6) is 0 Å². The molecule has 1 heterocycles. The minimum Gasteiger partial charge on any atom is -0.376 e. The molecule has 1 aliphatic heterocycles. The van der Waals surface area contributed by atoms with Gasteiger partial charge in [0.1, 0.15) is 0 Å². The van der Waals surface area contributed by atoms with Crippen LogP contribution in [0.3, 0.4) is 0 Å². The zero-order chi connectivity index (χ0) is 17.6. The van der Waals surface area contributed by atoms with Crippen molar-refractivity contribution < 1.29 is 17.9 Å². The summed E-state index contributed by atoms with van der Waals surface area (Å²) in [4.78, 5) is 14.4. The summed E-state index contributed by atoms with van der Waals surface area (Å²) in [5.74, 6) is -0.0461. The number of rotatable bonds is 7. The van der Waals surface area contributed by atoms with Crippen LogP contribution in [0.2, 0.25) is 0 Å². The van der Waals surface area contributed by atoms with E-state index in [0.717, 1.165) is 25.9 Å². The van der Waals surface area contributed by atoms with Crippen LogP contribution in [0.4, 0.5) is 5.69 Å². The van der Waals surface area contributed by atoms with Gasteiger partial charge in [-0.25, -0.2) is 8.42 Å². The maximum atomic E-state index is 12.6. The molecule has 6 nitrogen and oxygen atoms in total. The fraction of sp³-hybridized carbons (Fsp3) is 0.588. The number of hydrogen-bond donors (Lipinski definition) is 1. The highest BCUT2D eigenvalue weighted by Gasteiger charge is 2.21. The highest BCUT2D eigenvalue weighted by Crippen LogP contribution is 2.17. The van der Waals surface area contributed by atoms with Crippen LogP contribution in [0.15, 0.2) is 24.3 Å². The Morgan fingerprint density at radius 2 is 1.96 bits per heavy atom. The second kappa shape index (κ2) is 8.48. The van der Waals surface area contributed by atoms with E-state index in [0.29, 0.717) is 24.3 Å². The number of ether oxygens (including phenoxy) is 1. The summed E-state index contributed by atoms with van der Waals surface area (Å²) < 4.78 is 31.3. The Bertz CT molecular complexity index is 637. The van der Waals surface area contributed by atoms with E-state index in [-0.39, 0.29) is 17.8 Å². The average Bonchev–Trinajstić information content (AvgIpc) is 2.60. The third kappa shape index (κ3) is 5.21. The van der Waals surface area contributed by atoms with Crippen LogP contribution < -0.4 is 4.72 Å². The topological polar surface area (TPSA) is 75.7 Å². The smallest absolute Gasteiger partial charge is 0.253 e. The van der Waals surface area contributed by atoms with Gasteiger partial charge >= 0.3 is 0 Å². The van der Waals surface area contributed by atoms with E-state index < -0.39 is 10.0 Å². The number of hydrogen-bond acceptors (Lipinski definition) is 4. The number of benzene rings is 1. The van der Waals surface area contributed by atoms with Gasteiger partial charge in [-0.05, 0) is 57.4 Å². The van der Waals surface area contributed by atoms with Crippen molar-refractivity contribution in [3.05, 3.63) is 29.8 Å². The van der Waals surface area contributed by atoms with Gasteiger partial charge in [0, 0.05) is 30.9 Å². The first kappa shape index (κ1) is 18.7. The van der Waals surface area contributed by atoms with E-state index in [1.165, 1.54) is 0 Å². The molecule has 1 atom stereocenters. The number of carbonyl (C=O) groups is 1. The molecule has 1 aliphatic rings. The molecule has 24 heavy (non-hydrogen) atoms. The first-order valence-corrected chi connectivity index (χ1v) is 10.1. The largest absolute Gasteiger partial charge is 0.376 e. The van der Waals surface area contributed by atoms with Crippen molar-refractivity contribution in [3.8, 4) is 0 Å². The number of anilines is 1. The molecule has 1 saturated heterocycles. The zero-order valence-corrected chi connectivity index (χ0v) is 15.1. The number of nitrogens with zero attached hydrogens (tertiary/aromatic N) is 1. The van der Waals surface area contributed by atoms with Crippen LogP contribution >= 0.6 is 0 Å². The second-order valence-corrected chi connectivity index (χ2v) is 7.93. The van der Waals surface area contributed by atoms with Crippen LogP contribution in [-0.2, 0) is 14.8 Å². The Morgan fingerprint density at radius 1 is 1.25 bits per heavy atom. The molecule has 134 valence electrons. The van der Waals surface area contributed by atoms with Gasteiger partial charge in [-0.2, -0.15) is 0 Å². The van der Waals surface area contributed by atoms with Crippen molar-refractivity contribution >= 4 is 21.6 Å². The van der Waals surface area contributed by atoms with Crippen molar-refractivity contribution in [2.45, 2.75) is 39.2 Å². The van der Waals surface area contributed by atoms with Gasteiger partial charge in [-0.3, -0.25) is 9.52 Å². The molecule has 7 heteroatoms. The Labute approximate surface area is 144 Å². The van der Waals surface area contributed by atoms with Gasteiger partial charge in [-0.15, -0.1) is 0 Å². The third-order valence-corrected chi connectivity index (χ3v) is 5.46. The summed E-state index contributed by atoms with van der Waals surface area (Å²) >= 11 is 0. The Hall–Kier alpha value is -1.60. The Morgan fingerprint density at radius 3 is 2.50 bits per heavy atom. The normalized spacial score (nSPS) is 18.2. The molecule has 1 aromatic rings. The molecule has 0 bridgehead atoms. The van der Waals surface area contributed by atoms with Crippen LogP contribution in [0, 0.1) is 0 Å². The maximum Gasteiger partial charge on any atom is 0.253 e. The standard InChI is InChI=1S/C17H26N2O4S/c1-3-19(13-16-7-5-6-12-23-16)17(20)14-8-10-15(11-9-14)18-24(21,22)4-2/h8-11,16,18H,3-7,12-13H2,1-2H3. The summed E-state index contributed by atoms with van der Waals surface area (Å²) in [6.45, 7) is 5.50. The summed E-state index contributed by atoms with van der Waals surface area (Å²) in [7, 11) is -3.31. The summed E-state index contributed by atoms with van der Waals surface area (Å²) in [5, 5.41) is 0. The van der Waals surface area contributed by atoms with E-state index in [1.54, 1.807) is 36.1 Å². The quantitative estimate of drug-likeness (QED) is 0.816. The number of likely N-dealkylation sites (N-methyl/N-ethyl adjacent to an activating group) is 1. The molecule has 0 spiro atoms. The van der Waals surface area contributed by atoms with E-state index in [4.69, 9.17) is 4.74 Å². The van der Waals surface area contributed by atoms with E-state index in [9.17, 15) is 13.2 Å². The highest BCUT2D eigenvalue weighted by atomic mass is 32.2. The van der Waals surface area contributed by atoms with Gasteiger partial charge in [0.15, 0.2) is 0 Å². The molecule has 2 rings (SSSR count). The van der Waals surface area contributed by atoms with Gasteiger partial charge in [0.25, 0.3) is 5.91 Å². The van der Waals surface area contributed by atoms with Gasteiger partial charge in [0.2, 0.25) is 10.0 Å². The molecule has 0 saturated carbocycles. The Kier molecular flexibility index (Phi) is 6.62. The van der Waals surface area contributed by atoms with Crippen molar-refractivity contribution in [2.24, 2.45) is 0 Å². The van der Waals surface area contributed by atoms with Crippen LogP contribution in [0.1, 0.15) is 43.5 Å². The molecular weight excluding hydrogens is 328 g/mol. The molecule has 0 radical (unpaired) electrons. The molecule has 0 aliphatic carbocycles. The summed E-state index contributed by atoms with van der Waals surface area (Å²) in [6, 6.07) is 6.54. The maximum absolute atomic E-state index is 12.6. The first-order valence-electron chi connectivity index (χ1n) is 8.46. The van der Waals surface area contributed by atoms with Gasteiger partial charge in [0.05, 0.1) is 11.9 Å². The third-order valence-electron chi connectivity index (χ3n) is 4.15. The lowest BCUT2D eigenvalue weighted by Gasteiger charge is -2.29. The SMILES string of the molecule is CCN(CC1CCCCO1)C(=O)c1ccc(NS(=O)(=O)CC)cc1. The number of nitrogens with one attached hydrogen (secondary N) is 1. The van der Waals surface area contributed by atoms with Crippen molar-refractivity contribution in [1.82, 2.24) is 4.90 Å². The average molecular weight is 354 g/mol. The minimum atomic E-state index is -3.31. The molecule has 1 N–H and O–H groups in total. The summed E-state index contributed by atoms with van der Waals surface area (Å²) in [5.41, 5.74) is 1.01. The number of sulfonamides is 1. The first-order chi connectivity index (χ1) is 11.4. The zero-order valence-electron chi connectivity index (χ0n) is 14.3. The number of amides is 1. The molecule has 1 amide bonds. The van der Waals surface area contributed by atoms with Crippen LogP contribution in [0.25, 0.3) is 0 Å². The molecular formula is C17H26N2O4S. The minimum absolute atomic E-state index is 0.0126. The van der Waals surface area contributed by atoms with E-state index >= 15 is 0 Å². The molecule has 0 aromatic heterocycles. The van der Waals surface area contributed by atoms with E-state index in [2.05, 4.69) is 4.72 Å². The van der Waals surface area contributed by atoms with Gasteiger partial charge < -0.3 is 9.64 Å². The predicted octanol–water partition coefficient (Wildman–Crippen LogP) is 2.48. The summed E-state index contributed by atoms with van der Waals surface area (Å²) in [6.07, 6.45) is 3.33. The molecule has 1 unspecified atom stereocenters. The highest BCUT2D eigenvalue weighted by molar-refractivity contribution is 7.92. The number of carbonyl (C=O) groups excluding carboxylic acids is 1. The molecule has 1 aromatic carbocycles. The lowest BCUT2D eigenvalue weighted by molar-refractivity contribution is -0.00311. The Balaban J connectivity index is 2.01. The van der Waals surface area contributed by atoms with Crippen molar-refractivity contribution in [3.63, 3.8) is 0 Å². The fourth-order valence-corrected chi connectivity index (χ4v) is 3.31. The van der Waals surface area contributed by atoms with Crippen molar-refractivity contribution in [2.75, 3.05) is 30.2 Å². The van der Waals surface area contributed by atoms with Gasteiger partial charge in [-0.1, -0.05) is 0 Å². The second-order valence-electron chi connectivity index (χ2n) is 5.92. The van der Waals surface area contributed by atoms with E-state index in [1.807, 2.05) is 6.92 Å². The fourth-order valence-electron chi connectivity index (χ4n) is 2.67. The predicted molar refractivity (Wildman–Crippen MR) is 94.7 cm³/mol. The monoisotopic (exact) mass is 354 g/mol. The lowest BCUT2D eigenvalue weighted by Crippen LogP contribution is -2.39. The molecule has 1 fully saturated rings.